The molecule has 1 aromatic rings. The number of aromatic nitrogens is 1. The number of hydrogen-bond acceptors (Lipinski definition) is 3. The van der Waals surface area contributed by atoms with Crippen LogP contribution in [0.25, 0.3) is 0 Å². The van der Waals surface area contributed by atoms with Gasteiger partial charge in [-0.05, 0) is 12.5 Å². The Morgan fingerprint density at radius 2 is 2.44 bits per heavy atom. The number of hydrogen-bond donors (Lipinski definition) is 2. The van der Waals surface area contributed by atoms with Crippen molar-refractivity contribution < 1.29 is 4.79 Å². The number of carbonyl (C=O) groups is 1. The molecule has 5 heteroatoms. The predicted molar refractivity (Wildman–Crippen MR) is 60.2 cm³/mol. The number of nitrogens with zero attached hydrogens (tertiary/aromatic N) is 2. The van der Waals surface area contributed by atoms with Crippen LogP contribution < -0.4 is 5.32 Å². The molecule has 2 N–H and O–H groups in total. The summed E-state index contributed by atoms with van der Waals surface area (Å²) >= 11 is 0. The van der Waals surface area contributed by atoms with Gasteiger partial charge in [0, 0.05) is 24.5 Å². The smallest absolute Gasteiger partial charge is 0.310 e. The van der Waals surface area contributed by atoms with Gasteiger partial charge >= 0.3 is 6.03 Å². The normalized spacial score (nSPS) is 20.1. The maximum absolute atomic E-state index is 11.6. The van der Waals surface area contributed by atoms with E-state index in [9.17, 15) is 4.79 Å². The molecule has 1 aromatic heterocycles. The average Bonchev–Trinajstić information content (AvgIpc) is 2.56. The van der Waals surface area contributed by atoms with Crippen molar-refractivity contribution in [1.29, 1.82) is 5.41 Å². The molecule has 0 aromatic carbocycles. The second-order valence-electron chi connectivity index (χ2n) is 3.73. The fourth-order valence-corrected chi connectivity index (χ4v) is 1.88. The number of rotatable bonds is 3. The Morgan fingerprint density at radius 3 is 3.06 bits per heavy atom. The third-order valence-corrected chi connectivity index (χ3v) is 2.55. The summed E-state index contributed by atoms with van der Waals surface area (Å²) in [6, 6.07) is 3.20. The van der Waals surface area contributed by atoms with Gasteiger partial charge in [0.25, 0.3) is 0 Å². The fraction of sp³-hybridized carbons (Fsp3) is 0.364. The molecule has 0 saturated carbocycles. The molecule has 1 aliphatic heterocycles. The second kappa shape index (κ2) is 4.30. The van der Waals surface area contributed by atoms with Crippen LogP contribution in [0.4, 0.5) is 4.79 Å². The molecular weight excluding hydrogens is 204 g/mol. The zero-order valence-corrected chi connectivity index (χ0v) is 9.10. The Kier molecular flexibility index (Phi) is 2.85. The third-order valence-electron chi connectivity index (χ3n) is 2.55. The molecule has 1 aliphatic rings. The van der Waals surface area contributed by atoms with Crippen molar-refractivity contribution in [1.82, 2.24) is 15.2 Å². The lowest BCUT2D eigenvalue weighted by Gasteiger charge is -2.21. The summed E-state index contributed by atoms with van der Waals surface area (Å²) in [6.07, 6.45) is 4.25. The van der Waals surface area contributed by atoms with Gasteiger partial charge in [0.15, 0.2) is 0 Å². The lowest BCUT2D eigenvalue weighted by molar-refractivity contribution is 0.206. The second-order valence-corrected chi connectivity index (χ2v) is 3.73. The first kappa shape index (κ1) is 10.6. The SMILES string of the molecule is CCCN1C(=O)NC(=N)C1c1cccnc1. The average molecular weight is 218 g/mol. The highest BCUT2D eigenvalue weighted by atomic mass is 16.2. The van der Waals surface area contributed by atoms with Crippen molar-refractivity contribution in [2.75, 3.05) is 6.54 Å². The van der Waals surface area contributed by atoms with Gasteiger partial charge in [-0.15, -0.1) is 0 Å². The first-order valence-corrected chi connectivity index (χ1v) is 5.30. The summed E-state index contributed by atoms with van der Waals surface area (Å²) < 4.78 is 0. The van der Waals surface area contributed by atoms with Gasteiger partial charge in [-0.25, -0.2) is 4.79 Å². The van der Waals surface area contributed by atoms with Crippen molar-refractivity contribution in [2.45, 2.75) is 19.4 Å². The molecular formula is C11H14N4O. The molecule has 16 heavy (non-hydrogen) atoms. The van der Waals surface area contributed by atoms with Crippen LogP contribution in [0.5, 0.6) is 0 Å². The molecule has 0 spiro atoms. The number of pyridine rings is 1. The molecule has 1 fully saturated rings. The minimum Gasteiger partial charge on any atom is -0.310 e. The standard InChI is InChI=1S/C11H14N4O/c1-2-6-15-9(10(12)14-11(15)16)8-4-3-5-13-7-8/h3-5,7,9H,2,6H2,1H3,(H2,12,14,16). The van der Waals surface area contributed by atoms with Crippen LogP contribution in [-0.2, 0) is 0 Å². The molecule has 1 saturated heterocycles. The number of nitrogens with one attached hydrogen (secondary N) is 2. The van der Waals surface area contributed by atoms with E-state index >= 15 is 0 Å². The quantitative estimate of drug-likeness (QED) is 0.807. The lowest BCUT2D eigenvalue weighted by atomic mass is 10.1. The lowest BCUT2D eigenvalue weighted by Crippen LogP contribution is -2.30. The van der Waals surface area contributed by atoms with E-state index in [1.807, 2.05) is 19.1 Å². The Morgan fingerprint density at radius 1 is 1.62 bits per heavy atom. The van der Waals surface area contributed by atoms with Crippen LogP contribution in [0.3, 0.4) is 0 Å². The van der Waals surface area contributed by atoms with E-state index in [1.54, 1.807) is 17.3 Å². The number of carbonyl (C=O) groups excluding carboxylic acids is 1. The largest absolute Gasteiger partial charge is 0.323 e. The summed E-state index contributed by atoms with van der Waals surface area (Å²) in [4.78, 5) is 17.3. The minimum absolute atomic E-state index is 0.194. The van der Waals surface area contributed by atoms with Crippen molar-refractivity contribution >= 4 is 11.9 Å². The molecule has 2 heterocycles. The topological polar surface area (TPSA) is 69.1 Å². The Labute approximate surface area is 94.0 Å². The fourth-order valence-electron chi connectivity index (χ4n) is 1.88. The maximum atomic E-state index is 11.6. The van der Waals surface area contributed by atoms with Crippen molar-refractivity contribution in [3.05, 3.63) is 30.1 Å². The molecule has 2 rings (SSSR count). The summed E-state index contributed by atoms with van der Waals surface area (Å²) in [5.41, 5.74) is 0.874. The molecule has 0 aliphatic carbocycles. The van der Waals surface area contributed by atoms with E-state index in [1.165, 1.54) is 0 Å². The Bertz CT molecular complexity index is 404. The van der Waals surface area contributed by atoms with Gasteiger partial charge in [0.1, 0.15) is 11.9 Å². The highest BCUT2D eigenvalue weighted by molar-refractivity contribution is 6.05. The van der Waals surface area contributed by atoms with E-state index < -0.39 is 0 Å². The predicted octanol–water partition coefficient (Wildman–Crippen LogP) is 1.54. The van der Waals surface area contributed by atoms with Crippen LogP contribution in [0.1, 0.15) is 24.9 Å². The Balaban J connectivity index is 2.30. The van der Waals surface area contributed by atoms with Crippen molar-refractivity contribution in [3.63, 3.8) is 0 Å². The van der Waals surface area contributed by atoms with Gasteiger partial charge in [0.05, 0.1) is 0 Å². The van der Waals surface area contributed by atoms with Gasteiger partial charge in [-0.2, -0.15) is 0 Å². The summed E-state index contributed by atoms with van der Waals surface area (Å²) in [6.45, 7) is 2.66. The number of amides is 2. The highest BCUT2D eigenvalue weighted by Gasteiger charge is 2.35. The van der Waals surface area contributed by atoms with Crippen LogP contribution >= 0.6 is 0 Å². The molecule has 1 unspecified atom stereocenters. The molecule has 2 amide bonds. The molecule has 1 atom stereocenters. The van der Waals surface area contributed by atoms with E-state index in [-0.39, 0.29) is 17.9 Å². The summed E-state index contributed by atoms with van der Waals surface area (Å²) in [5, 5.41) is 10.3. The Hall–Kier alpha value is -1.91. The molecule has 5 nitrogen and oxygen atoms in total. The van der Waals surface area contributed by atoms with Crippen LogP contribution in [0.15, 0.2) is 24.5 Å². The number of urea groups is 1. The third kappa shape index (κ3) is 1.76. The summed E-state index contributed by atoms with van der Waals surface area (Å²) in [5.74, 6) is 0.228. The van der Waals surface area contributed by atoms with E-state index in [0.717, 1.165) is 12.0 Å². The van der Waals surface area contributed by atoms with Gasteiger partial charge in [0.2, 0.25) is 0 Å². The monoisotopic (exact) mass is 218 g/mol. The van der Waals surface area contributed by atoms with E-state index in [2.05, 4.69) is 10.3 Å². The number of amidine groups is 1. The minimum atomic E-state index is -0.304. The van der Waals surface area contributed by atoms with Gasteiger partial charge in [-0.3, -0.25) is 15.7 Å². The van der Waals surface area contributed by atoms with E-state index in [4.69, 9.17) is 5.41 Å². The first-order chi connectivity index (χ1) is 7.74. The maximum Gasteiger partial charge on any atom is 0.323 e. The van der Waals surface area contributed by atoms with Crippen LogP contribution in [0.2, 0.25) is 0 Å². The van der Waals surface area contributed by atoms with Gasteiger partial charge < -0.3 is 4.90 Å². The van der Waals surface area contributed by atoms with Crippen molar-refractivity contribution in [3.8, 4) is 0 Å². The first-order valence-electron chi connectivity index (χ1n) is 5.30. The van der Waals surface area contributed by atoms with Crippen LogP contribution in [0, 0.1) is 5.41 Å². The van der Waals surface area contributed by atoms with E-state index in [0.29, 0.717) is 6.54 Å². The molecule has 84 valence electrons. The highest BCUT2D eigenvalue weighted by Crippen LogP contribution is 2.25. The zero-order valence-electron chi connectivity index (χ0n) is 9.10. The van der Waals surface area contributed by atoms with Gasteiger partial charge in [-0.1, -0.05) is 13.0 Å². The van der Waals surface area contributed by atoms with Crippen molar-refractivity contribution in [2.24, 2.45) is 0 Å². The molecule has 0 radical (unpaired) electrons. The summed E-state index contributed by atoms with van der Waals surface area (Å²) in [7, 11) is 0. The van der Waals surface area contributed by atoms with Crippen LogP contribution in [-0.4, -0.2) is 28.3 Å². The molecule has 0 bridgehead atoms. The zero-order chi connectivity index (χ0) is 11.5.